The number of hydrogen-bond acceptors (Lipinski definition) is 4. The number of thiazole rings is 1. The first-order valence-corrected chi connectivity index (χ1v) is 7.58. The number of rotatable bonds is 3. The zero-order valence-corrected chi connectivity index (χ0v) is 12.7. The van der Waals surface area contributed by atoms with E-state index in [9.17, 15) is 0 Å². The van der Waals surface area contributed by atoms with Crippen molar-refractivity contribution in [1.29, 1.82) is 0 Å². The molecule has 2 aromatic heterocycles. The normalized spacial score (nSPS) is 12.7. The minimum atomic E-state index is 0.0745. The third-order valence-electron chi connectivity index (χ3n) is 3.05. The van der Waals surface area contributed by atoms with Crippen molar-refractivity contribution in [3.63, 3.8) is 0 Å². The molecular weight excluding hydrogens is 322 g/mol. The lowest BCUT2D eigenvalue weighted by Crippen LogP contribution is -2.18. The van der Waals surface area contributed by atoms with Crippen molar-refractivity contribution in [2.75, 3.05) is 7.05 Å². The second-order valence-corrected chi connectivity index (χ2v) is 5.91. The molecule has 0 bridgehead atoms. The fraction of sp³-hybridized carbons (Fsp3) is 0.143. The van der Waals surface area contributed by atoms with Gasteiger partial charge in [0.1, 0.15) is 5.01 Å². The fourth-order valence-corrected chi connectivity index (χ4v) is 3.40. The molecule has 19 heavy (non-hydrogen) atoms. The first-order valence-electron chi connectivity index (χ1n) is 5.91. The number of hydrogen-bond donors (Lipinski definition) is 1. The van der Waals surface area contributed by atoms with Gasteiger partial charge in [-0.3, -0.25) is 4.98 Å². The van der Waals surface area contributed by atoms with Gasteiger partial charge in [0.15, 0.2) is 0 Å². The number of nitrogens with zero attached hydrogens (tertiary/aromatic N) is 2. The van der Waals surface area contributed by atoms with Crippen LogP contribution >= 0.6 is 27.3 Å². The topological polar surface area (TPSA) is 37.8 Å². The second-order valence-electron chi connectivity index (χ2n) is 4.13. The van der Waals surface area contributed by atoms with Gasteiger partial charge in [0.25, 0.3) is 0 Å². The Labute approximate surface area is 123 Å². The van der Waals surface area contributed by atoms with E-state index < -0.39 is 0 Å². The van der Waals surface area contributed by atoms with E-state index >= 15 is 0 Å². The Bertz CT molecular complexity index is 697. The molecule has 0 saturated heterocycles. The van der Waals surface area contributed by atoms with Gasteiger partial charge in [-0.2, -0.15) is 0 Å². The molecule has 0 radical (unpaired) electrons. The highest BCUT2D eigenvalue weighted by Crippen LogP contribution is 2.32. The van der Waals surface area contributed by atoms with E-state index in [1.54, 1.807) is 11.3 Å². The number of pyridine rings is 1. The van der Waals surface area contributed by atoms with E-state index in [4.69, 9.17) is 0 Å². The molecule has 1 N–H and O–H groups in total. The van der Waals surface area contributed by atoms with Crippen molar-refractivity contribution in [3.8, 4) is 0 Å². The molecule has 96 valence electrons. The molecule has 3 aromatic rings. The zero-order chi connectivity index (χ0) is 13.2. The third-order valence-corrected chi connectivity index (χ3v) is 4.58. The molecule has 1 unspecified atom stereocenters. The molecule has 0 saturated carbocycles. The van der Waals surface area contributed by atoms with Crippen molar-refractivity contribution >= 4 is 38.2 Å². The highest BCUT2D eigenvalue weighted by molar-refractivity contribution is 9.10. The van der Waals surface area contributed by atoms with E-state index in [2.05, 4.69) is 49.4 Å². The van der Waals surface area contributed by atoms with Crippen LogP contribution in [0.4, 0.5) is 0 Å². The molecule has 0 amide bonds. The standard InChI is InChI=1S/C14H12BrN3S/c1-16-13(14-18-7-8-19-14)10-4-5-11(15)9-3-2-6-17-12(9)10/h2-8,13,16H,1H3. The van der Waals surface area contributed by atoms with Crippen LogP contribution < -0.4 is 5.32 Å². The molecule has 0 spiro atoms. The third kappa shape index (κ3) is 2.29. The SMILES string of the molecule is CNC(c1nccs1)c1ccc(Br)c2cccnc12. The molecule has 0 aliphatic heterocycles. The smallest absolute Gasteiger partial charge is 0.114 e. The van der Waals surface area contributed by atoms with Crippen molar-refractivity contribution in [2.24, 2.45) is 0 Å². The molecule has 1 atom stereocenters. The van der Waals surface area contributed by atoms with Gasteiger partial charge >= 0.3 is 0 Å². The molecule has 0 fully saturated rings. The average Bonchev–Trinajstić information content (AvgIpc) is 2.96. The number of halogens is 1. The first kappa shape index (κ1) is 12.7. The van der Waals surface area contributed by atoms with Gasteiger partial charge in [0, 0.05) is 33.2 Å². The number of nitrogens with one attached hydrogen (secondary N) is 1. The van der Waals surface area contributed by atoms with E-state index in [1.807, 2.05) is 30.9 Å². The van der Waals surface area contributed by atoms with Gasteiger partial charge in [-0.1, -0.05) is 28.1 Å². The summed E-state index contributed by atoms with van der Waals surface area (Å²) in [5.41, 5.74) is 2.16. The zero-order valence-electron chi connectivity index (χ0n) is 10.3. The van der Waals surface area contributed by atoms with Crippen LogP contribution in [0.2, 0.25) is 0 Å². The summed E-state index contributed by atoms with van der Waals surface area (Å²) < 4.78 is 1.06. The lowest BCUT2D eigenvalue weighted by molar-refractivity contribution is 0.690. The van der Waals surface area contributed by atoms with Gasteiger partial charge in [-0.15, -0.1) is 11.3 Å². The summed E-state index contributed by atoms with van der Waals surface area (Å²) in [6, 6.07) is 8.27. The van der Waals surface area contributed by atoms with E-state index in [-0.39, 0.29) is 6.04 Å². The maximum Gasteiger partial charge on any atom is 0.114 e. The van der Waals surface area contributed by atoms with Crippen LogP contribution in [-0.2, 0) is 0 Å². The van der Waals surface area contributed by atoms with Crippen LogP contribution in [0.3, 0.4) is 0 Å². The fourth-order valence-electron chi connectivity index (χ4n) is 2.18. The minimum Gasteiger partial charge on any atom is -0.307 e. The quantitative estimate of drug-likeness (QED) is 0.792. The predicted octanol–water partition coefficient (Wildman–Crippen LogP) is 3.76. The Morgan fingerprint density at radius 2 is 2.11 bits per heavy atom. The monoisotopic (exact) mass is 333 g/mol. The van der Waals surface area contributed by atoms with Crippen LogP contribution in [0, 0.1) is 0 Å². The summed E-state index contributed by atoms with van der Waals surface area (Å²) in [5, 5.41) is 7.49. The van der Waals surface area contributed by atoms with Crippen molar-refractivity contribution in [1.82, 2.24) is 15.3 Å². The van der Waals surface area contributed by atoms with E-state index in [0.717, 1.165) is 25.9 Å². The van der Waals surface area contributed by atoms with Crippen molar-refractivity contribution < 1.29 is 0 Å². The molecule has 5 heteroatoms. The molecule has 1 aromatic carbocycles. The Morgan fingerprint density at radius 1 is 1.21 bits per heavy atom. The lowest BCUT2D eigenvalue weighted by Gasteiger charge is -2.16. The molecule has 0 aliphatic rings. The van der Waals surface area contributed by atoms with Crippen LogP contribution in [-0.4, -0.2) is 17.0 Å². The number of fused-ring (bicyclic) bond motifs is 1. The van der Waals surface area contributed by atoms with Gasteiger partial charge < -0.3 is 5.32 Å². The molecule has 3 rings (SSSR count). The van der Waals surface area contributed by atoms with Crippen LogP contribution in [0.25, 0.3) is 10.9 Å². The summed E-state index contributed by atoms with van der Waals surface area (Å²) in [5.74, 6) is 0. The summed E-state index contributed by atoms with van der Waals surface area (Å²) >= 11 is 5.23. The Morgan fingerprint density at radius 3 is 2.84 bits per heavy atom. The van der Waals surface area contributed by atoms with Crippen molar-refractivity contribution in [2.45, 2.75) is 6.04 Å². The van der Waals surface area contributed by atoms with Crippen LogP contribution in [0.5, 0.6) is 0 Å². The summed E-state index contributed by atoms with van der Waals surface area (Å²) in [7, 11) is 1.95. The molecule has 2 heterocycles. The van der Waals surface area contributed by atoms with E-state index in [1.165, 1.54) is 0 Å². The second kappa shape index (κ2) is 5.36. The maximum atomic E-state index is 4.53. The molecule has 3 nitrogen and oxygen atoms in total. The average molecular weight is 334 g/mol. The van der Waals surface area contributed by atoms with Crippen molar-refractivity contribution in [3.05, 3.63) is 57.1 Å². The summed E-state index contributed by atoms with van der Waals surface area (Å²) in [4.78, 5) is 8.94. The Balaban J connectivity index is 2.22. The van der Waals surface area contributed by atoms with Gasteiger partial charge in [-0.25, -0.2) is 4.98 Å². The largest absolute Gasteiger partial charge is 0.307 e. The maximum absolute atomic E-state index is 4.53. The van der Waals surface area contributed by atoms with Gasteiger partial charge in [0.05, 0.1) is 11.6 Å². The highest BCUT2D eigenvalue weighted by atomic mass is 79.9. The first-order chi connectivity index (χ1) is 9.31. The summed E-state index contributed by atoms with van der Waals surface area (Å²) in [6.07, 6.45) is 3.66. The van der Waals surface area contributed by atoms with Gasteiger partial charge in [0.2, 0.25) is 0 Å². The lowest BCUT2D eigenvalue weighted by atomic mass is 10.0. The van der Waals surface area contributed by atoms with Crippen LogP contribution in [0.1, 0.15) is 16.6 Å². The van der Waals surface area contributed by atoms with Crippen LogP contribution in [0.15, 0.2) is 46.5 Å². The predicted molar refractivity (Wildman–Crippen MR) is 82.5 cm³/mol. The number of benzene rings is 1. The molecule has 0 aliphatic carbocycles. The number of aromatic nitrogens is 2. The summed E-state index contributed by atoms with van der Waals surface area (Å²) in [6.45, 7) is 0. The van der Waals surface area contributed by atoms with Gasteiger partial charge in [-0.05, 0) is 19.2 Å². The minimum absolute atomic E-state index is 0.0745. The Hall–Kier alpha value is -1.30. The molecular formula is C14H12BrN3S. The van der Waals surface area contributed by atoms with E-state index in [0.29, 0.717) is 0 Å². The Kier molecular flexibility index (Phi) is 3.59. The highest BCUT2D eigenvalue weighted by Gasteiger charge is 2.18.